The van der Waals surface area contributed by atoms with Gasteiger partial charge in [-0.3, -0.25) is 14.4 Å². The van der Waals surface area contributed by atoms with Crippen LogP contribution in [0.5, 0.6) is 0 Å². The molecule has 7 heteroatoms. The van der Waals surface area contributed by atoms with E-state index < -0.39 is 5.97 Å². The molecule has 6 nitrogen and oxygen atoms in total. The molecule has 1 unspecified atom stereocenters. The van der Waals surface area contributed by atoms with Crippen molar-refractivity contribution < 1.29 is 19.5 Å². The number of benzene rings is 1. The molecule has 0 aliphatic heterocycles. The van der Waals surface area contributed by atoms with Crippen LogP contribution in [-0.2, 0) is 16.0 Å². The van der Waals surface area contributed by atoms with E-state index >= 15 is 0 Å². The van der Waals surface area contributed by atoms with Gasteiger partial charge in [-0.15, -0.1) is 11.3 Å². The minimum absolute atomic E-state index is 0.0260. The lowest BCUT2D eigenvalue weighted by Crippen LogP contribution is -2.43. The summed E-state index contributed by atoms with van der Waals surface area (Å²) in [6.45, 7) is -0.0743. The molecule has 0 saturated carbocycles. The number of hydrogen-bond acceptors (Lipinski definition) is 4. The Morgan fingerprint density at radius 2 is 1.88 bits per heavy atom. The zero-order valence-corrected chi connectivity index (χ0v) is 15.4. The van der Waals surface area contributed by atoms with Crippen LogP contribution < -0.4 is 5.32 Å². The first-order valence-electron chi connectivity index (χ1n) is 8.29. The molecule has 1 heterocycles. The Labute approximate surface area is 156 Å². The maximum absolute atomic E-state index is 12.3. The Morgan fingerprint density at radius 3 is 2.50 bits per heavy atom. The summed E-state index contributed by atoms with van der Waals surface area (Å²) >= 11 is 1.33. The first-order valence-corrected chi connectivity index (χ1v) is 9.17. The summed E-state index contributed by atoms with van der Waals surface area (Å²) in [7, 11) is 1.57. The summed E-state index contributed by atoms with van der Waals surface area (Å²) in [5.74, 6) is -1.41. The fourth-order valence-electron chi connectivity index (χ4n) is 2.57. The van der Waals surface area contributed by atoms with Crippen molar-refractivity contribution in [2.45, 2.75) is 25.3 Å². The van der Waals surface area contributed by atoms with Gasteiger partial charge in [0.05, 0.1) is 11.4 Å². The summed E-state index contributed by atoms with van der Waals surface area (Å²) in [5, 5.41) is 13.6. The third-order valence-corrected chi connectivity index (χ3v) is 4.71. The van der Waals surface area contributed by atoms with E-state index in [1.54, 1.807) is 19.2 Å². The van der Waals surface area contributed by atoms with Gasteiger partial charge in [-0.05, 0) is 29.9 Å². The second kappa shape index (κ2) is 9.72. The van der Waals surface area contributed by atoms with Crippen LogP contribution in [0, 0.1) is 0 Å². The van der Waals surface area contributed by atoms with Crippen LogP contribution in [0.3, 0.4) is 0 Å². The molecular weight excluding hydrogens is 352 g/mol. The van der Waals surface area contributed by atoms with E-state index in [-0.39, 0.29) is 30.8 Å². The highest BCUT2D eigenvalue weighted by Gasteiger charge is 2.19. The van der Waals surface area contributed by atoms with Gasteiger partial charge in [0.25, 0.3) is 5.91 Å². The van der Waals surface area contributed by atoms with Gasteiger partial charge in [0.1, 0.15) is 0 Å². The number of thiophene rings is 1. The van der Waals surface area contributed by atoms with Gasteiger partial charge in [0.15, 0.2) is 0 Å². The molecule has 1 atom stereocenters. The van der Waals surface area contributed by atoms with Gasteiger partial charge in [-0.25, -0.2) is 0 Å². The number of likely N-dealkylation sites (N-methyl/N-ethyl adjacent to an activating group) is 1. The Balaban J connectivity index is 1.93. The predicted molar refractivity (Wildman–Crippen MR) is 100 cm³/mol. The standard InChI is InChI=1S/C19H22N2O4S/c1-21(19(25)16-8-5-11-26-16)13-17(22)20-15(9-10-18(23)24)12-14-6-3-2-4-7-14/h2-8,11,15H,9-10,12-13H2,1H3,(H,20,22)(H,23,24). The summed E-state index contributed by atoms with van der Waals surface area (Å²) in [6, 6.07) is 12.8. The van der Waals surface area contributed by atoms with Crippen LogP contribution in [0.2, 0.25) is 0 Å². The molecule has 0 fully saturated rings. The van der Waals surface area contributed by atoms with E-state index in [0.717, 1.165) is 5.56 Å². The second-order valence-corrected chi connectivity index (χ2v) is 6.97. The van der Waals surface area contributed by atoms with Crippen molar-refractivity contribution in [3.05, 3.63) is 58.3 Å². The Kier molecular flexibility index (Phi) is 7.35. The molecule has 0 radical (unpaired) electrons. The monoisotopic (exact) mass is 374 g/mol. The molecule has 0 bridgehead atoms. The van der Waals surface area contributed by atoms with E-state index in [1.165, 1.54) is 16.2 Å². The van der Waals surface area contributed by atoms with Crippen molar-refractivity contribution >= 4 is 29.1 Å². The molecule has 2 N–H and O–H groups in total. The number of carboxylic acid groups (broad SMARTS) is 1. The quantitative estimate of drug-likeness (QED) is 0.706. The highest BCUT2D eigenvalue weighted by molar-refractivity contribution is 7.12. The average molecular weight is 374 g/mol. The van der Waals surface area contributed by atoms with Gasteiger partial charge in [0, 0.05) is 19.5 Å². The first kappa shape index (κ1) is 19.7. The minimum atomic E-state index is -0.901. The van der Waals surface area contributed by atoms with Crippen molar-refractivity contribution in [1.82, 2.24) is 10.2 Å². The van der Waals surface area contributed by atoms with Crippen LogP contribution >= 0.6 is 11.3 Å². The molecule has 2 amide bonds. The third kappa shape index (κ3) is 6.33. The molecule has 26 heavy (non-hydrogen) atoms. The van der Waals surface area contributed by atoms with Crippen molar-refractivity contribution in [2.75, 3.05) is 13.6 Å². The molecular formula is C19H22N2O4S. The van der Waals surface area contributed by atoms with Gasteiger partial charge >= 0.3 is 5.97 Å². The summed E-state index contributed by atoms with van der Waals surface area (Å²) in [6.07, 6.45) is 0.850. The fourth-order valence-corrected chi connectivity index (χ4v) is 3.29. The number of aliphatic carboxylic acids is 1. The average Bonchev–Trinajstić information content (AvgIpc) is 3.14. The maximum Gasteiger partial charge on any atom is 0.303 e. The molecule has 0 saturated heterocycles. The summed E-state index contributed by atoms with van der Waals surface area (Å²) in [5.41, 5.74) is 1.02. The Hall–Kier alpha value is -2.67. The predicted octanol–water partition coefficient (Wildman–Crippen LogP) is 2.41. The lowest BCUT2D eigenvalue weighted by atomic mass is 10.0. The number of hydrogen-bond donors (Lipinski definition) is 2. The van der Waals surface area contributed by atoms with Crippen LogP contribution in [0.1, 0.15) is 28.1 Å². The van der Waals surface area contributed by atoms with Crippen molar-refractivity contribution in [3.63, 3.8) is 0 Å². The number of nitrogens with one attached hydrogen (secondary N) is 1. The van der Waals surface area contributed by atoms with Crippen molar-refractivity contribution in [2.24, 2.45) is 0 Å². The summed E-state index contributed by atoms with van der Waals surface area (Å²) < 4.78 is 0. The Morgan fingerprint density at radius 1 is 1.15 bits per heavy atom. The van der Waals surface area contributed by atoms with E-state index in [1.807, 2.05) is 35.7 Å². The lowest BCUT2D eigenvalue weighted by Gasteiger charge is -2.21. The van der Waals surface area contributed by atoms with E-state index in [9.17, 15) is 14.4 Å². The SMILES string of the molecule is CN(CC(=O)NC(CCC(=O)O)Cc1ccccc1)C(=O)c1cccs1. The van der Waals surface area contributed by atoms with Crippen LogP contribution in [0.15, 0.2) is 47.8 Å². The third-order valence-electron chi connectivity index (χ3n) is 3.86. The number of carbonyl (C=O) groups is 3. The molecule has 0 aliphatic rings. The highest BCUT2D eigenvalue weighted by Crippen LogP contribution is 2.11. The topological polar surface area (TPSA) is 86.7 Å². The normalized spacial score (nSPS) is 11.6. The van der Waals surface area contributed by atoms with E-state index in [4.69, 9.17) is 5.11 Å². The van der Waals surface area contributed by atoms with Crippen LogP contribution in [0.25, 0.3) is 0 Å². The largest absolute Gasteiger partial charge is 0.481 e. The summed E-state index contributed by atoms with van der Waals surface area (Å²) in [4.78, 5) is 37.3. The molecule has 138 valence electrons. The van der Waals surface area contributed by atoms with Crippen LogP contribution in [0.4, 0.5) is 0 Å². The zero-order chi connectivity index (χ0) is 18.9. The number of nitrogens with zero attached hydrogens (tertiary/aromatic N) is 1. The minimum Gasteiger partial charge on any atom is -0.481 e. The molecule has 1 aromatic heterocycles. The van der Waals surface area contributed by atoms with Gasteiger partial charge in [0.2, 0.25) is 5.91 Å². The number of amides is 2. The smallest absolute Gasteiger partial charge is 0.303 e. The molecule has 2 aromatic rings. The van der Waals surface area contributed by atoms with Gasteiger partial charge in [-0.1, -0.05) is 36.4 Å². The Bertz CT molecular complexity index is 731. The second-order valence-electron chi connectivity index (χ2n) is 6.03. The van der Waals surface area contributed by atoms with E-state index in [2.05, 4.69) is 5.32 Å². The van der Waals surface area contributed by atoms with Crippen molar-refractivity contribution in [3.8, 4) is 0 Å². The van der Waals surface area contributed by atoms with Gasteiger partial charge < -0.3 is 15.3 Å². The molecule has 1 aromatic carbocycles. The first-order chi connectivity index (χ1) is 12.5. The molecule has 0 spiro atoms. The molecule has 2 rings (SSSR count). The molecule has 0 aliphatic carbocycles. The maximum atomic E-state index is 12.3. The fraction of sp³-hybridized carbons (Fsp3) is 0.316. The van der Waals surface area contributed by atoms with Crippen molar-refractivity contribution in [1.29, 1.82) is 0 Å². The highest BCUT2D eigenvalue weighted by atomic mass is 32.1. The number of carbonyl (C=O) groups excluding carboxylic acids is 2. The van der Waals surface area contributed by atoms with Gasteiger partial charge in [-0.2, -0.15) is 0 Å². The number of carboxylic acids is 1. The number of rotatable bonds is 9. The van der Waals surface area contributed by atoms with E-state index in [0.29, 0.717) is 17.7 Å². The zero-order valence-electron chi connectivity index (χ0n) is 14.6. The van der Waals surface area contributed by atoms with Crippen LogP contribution in [-0.4, -0.2) is 47.4 Å². The lowest BCUT2D eigenvalue weighted by molar-refractivity contribution is -0.137.